The second-order valence-corrected chi connectivity index (χ2v) is 4.13. The van der Waals surface area contributed by atoms with Crippen LogP contribution in [0.3, 0.4) is 0 Å². The van der Waals surface area contributed by atoms with Gasteiger partial charge in [-0.05, 0) is 42.3 Å². The number of hydrogen-bond acceptors (Lipinski definition) is 3. The van der Waals surface area contributed by atoms with E-state index in [-0.39, 0.29) is 0 Å². The summed E-state index contributed by atoms with van der Waals surface area (Å²) in [5, 5.41) is 0.723. The Kier molecular flexibility index (Phi) is 3.61. The standard InChI is InChI=1S/C13H13ClN2O/c1-9-6-11(2-3-12(9)14)17-13-7-10(8-15)4-5-16-13/h2-7H,8,15H2,1H3. The Morgan fingerprint density at radius 2 is 2.12 bits per heavy atom. The molecule has 0 atom stereocenters. The predicted molar refractivity (Wildman–Crippen MR) is 68.4 cm³/mol. The summed E-state index contributed by atoms with van der Waals surface area (Å²) in [6, 6.07) is 9.17. The van der Waals surface area contributed by atoms with Gasteiger partial charge in [-0.15, -0.1) is 0 Å². The summed E-state index contributed by atoms with van der Waals surface area (Å²) >= 11 is 5.94. The van der Waals surface area contributed by atoms with E-state index < -0.39 is 0 Å². The number of rotatable bonds is 3. The predicted octanol–water partition coefficient (Wildman–Crippen LogP) is 3.29. The fraction of sp³-hybridized carbons (Fsp3) is 0.154. The number of hydrogen-bond donors (Lipinski definition) is 1. The Labute approximate surface area is 105 Å². The van der Waals surface area contributed by atoms with Crippen molar-refractivity contribution in [3.05, 3.63) is 52.7 Å². The van der Waals surface area contributed by atoms with E-state index in [1.807, 2.05) is 31.2 Å². The quantitative estimate of drug-likeness (QED) is 0.907. The molecule has 0 saturated heterocycles. The molecule has 1 aromatic heterocycles. The summed E-state index contributed by atoms with van der Waals surface area (Å²) in [7, 11) is 0. The van der Waals surface area contributed by atoms with Crippen molar-refractivity contribution in [1.29, 1.82) is 0 Å². The first kappa shape index (κ1) is 11.9. The first-order chi connectivity index (χ1) is 8.19. The summed E-state index contributed by atoms with van der Waals surface area (Å²) < 4.78 is 5.63. The van der Waals surface area contributed by atoms with Gasteiger partial charge in [-0.25, -0.2) is 4.98 Å². The zero-order valence-corrected chi connectivity index (χ0v) is 10.2. The molecule has 0 fully saturated rings. The minimum atomic E-state index is 0.471. The third kappa shape index (κ3) is 2.96. The number of aryl methyl sites for hydroxylation is 1. The number of nitrogens with two attached hydrogens (primary N) is 1. The zero-order valence-electron chi connectivity index (χ0n) is 9.48. The molecule has 0 saturated carbocycles. The van der Waals surface area contributed by atoms with Crippen LogP contribution >= 0.6 is 11.6 Å². The highest BCUT2D eigenvalue weighted by Crippen LogP contribution is 2.25. The molecule has 1 aromatic carbocycles. The van der Waals surface area contributed by atoms with Gasteiger partial charge in [0.15, 0.2) is 0 Å². The summed E-state index contributed by atoms with van der Waals surface area (Å²) in [6.07, 6.45) is 1.68. The molecule has 2 rings (SSSR count). The molecule has 2 N–H and O–H groups in total. The Morgan fingerprint density at radius 3 is 2.82 bits per heavy atom. The SMILES string of the molecule is Cc1cc(Oc2cc(CN)ccn2)ccc1Cl. The number of halogens is 1. The number of pyridine rings is 1. The van der Waals surface area contributed by atoms with Crippen LogP contribution in [0.15, 0.2) is 36.5 Å². The van der Waals surface area contributed by atoms with Crippen molar-refractivity contribution in [3.8, 4) is 11.6 Å². The van der Waals surface area contributed by atoms with Crippen molar-refractivity contribution in [1.82, 2.24) is 4.98 Å². The van der Waals surface area contributed by atoms with Gasteiger partial charge >= 0.3 is 0 Å². The van der Waals surface area contributed by atoms with Gasteiger partial charge in [0.05, 0.1) is 0 Å². The summed E-state index contributed by atoms with van der Waals surface area (Å²) in [4.78, 5) is 4.12. The van der Waals surface area contributed by atoms with Gasteiger partial charge in [0.2, 0.25) is 5.88 Å². The van der Waals surface area contributed by atoms with Crippen LogP contribution in [-0.4, -0.2) is 4.98 Å². The molecule has 1 heterocycles. The van der Waals surface area contributed by atoms with Crippen molar-refractivity contribution in [2.45, 2.75) is 13.5 Å². The molecule has 0 aliphatic heterocycles. The number of aromatic nitrogens is 1. The molecule has 3 nitrogen and oxygen atoms in total. The molecular formula is C13H13ClN2O. The molecule has 0 amide bonds. The van der Waals surface area contributed by atoms with Gasteiger partial charge in [-0.3, -0.25) is 0 Å². The summed E-state index contributed by atoms with van der Waals surface area (Å²) in [5.41, 5.74) is 7.51. The average Bonchev–Trinajstić information content (AvgIpc) is 2.34. The van der Waals surface area contributed by atoms with Crippen LogP contribution in [-0.2, 0) is 6.54 Å². The fourth-order valence-electron chi connectivity index (χ4n) is 1.43. The Balaban J connectivity index is 2.22. The lowest BCUT2D eigenvalue weighted by molar-refractivity contribution is 0.462. The summed E-state index contributed by atoms with van der Waals surface area (Å²) in [5.74, 6) is 1.25. The van der Waals surface area contributed by atoms with Gasteiger partial charge in [0.25, 0.3) is 0 Å². The first-order valence-corrected chi connectivity index (χ1v) is 5.66. The highest BCUT2D eigenvalue weighted by atomic mass is 35.5. The Hall–Kier alpha value is -1.58. The van der Waals surface area contributed by atoms with Crippen LogP contribution in [0.5, 0.6) is 11.6 Å². The summed E-state index contributed by atoms with van der Waals surface area (Å²) in [6.45, 7) is 2.40. The van der Waals surface area contributed by atoms with Gasteiger partial charge < -0.3 is 10.5 Å². The molecular weight excluding hydrogens is 236 g/mol. The highest BCUT2D eigenvalue weighted by Gasteiger charge is 2.02. The van der Waals surface area contributed by atoms with Crippen LogP contribution in [0, 0.1) is 6.92 Å². The van der Waals surface area contributed by atoms with E-state index in [1.54, 1.807) is 12.3 Å². The largest absolute Gasteiger partial charge is 0.439 e. The van der Waals surface area contributed by atoms with Crippen molar-refractivity contribution in [2.75, 3.05) is 0 Å². The molecule has 2 aromatic rings. The molecule has 0 aliphatic rings. The molecule has 0 unspecified atom stereocenters. The third-order valence-electron chi connectivity index (χ3n) is 2.39. The molecule has 88 valence electrons. The Bertz CT molecular complexity index is 529. The second kappa shape index (κ2) is 5.17. The van der Waals surface area contributed by atoms with Crippen LogP contribution in [0.25, 0.3) is 0 Å². The van der Waals surface area contributed by atoms with Crippen LogP contribution in [0.4, 0.5) is 0 Å². The lowest BCUT2D eigenvalue weighted by Crippen LogP contribution is -1.97. The van der Waals surface area contributed by atoms with E-state index >= 15 is 0 Å². The smallest absolute Gasteiger partial charge is 0.219 e. The minimum Gasteiger partial charge on any atom is -0.439 e. The van der Waals surface area contributed by atoms with E-state index in [2.05, 4.69) is 4.98 Å². The Morgan fingerprint density at radius 1 is 1.29 bits per heavy atom. The molecule has 4 heteroatoms. The van der Waals surface area contributed by atoms with Crippen molar-refractivity contribution in [3.63, 3.8) is 0 Å². The monoisotopic (exact) mass is 248 g/mol. The van der Waals surface area contributed by atoms with Crippen molar-refractivity contribution < 1.29 is 4.74 Å². The second-order valence-electron chi connectivity index (χ2n) is 3.72. The lowest BCUT2D eigenvalue weighted by Gasteiger charge is -2.07. The average molecular weight is 249 g/mol. The topological polar surface area (TPSA) is 48.1 Å². The van der Waals surface area contributed by atoms with Crippen LogP contribution in [0.1, 0.15) is 11.1 Å². The lowest BCUT2D eigenvalue weighted by atomic mass is 10.2. The molecule has 0 aliphatic carbocycles. The third-order valence-corrected chi connectivity index (χ3v) is 2.81. The number of benzene rings is 1. The maximum absolute atomic E-state index is 5.94. The minimum absolute atomic E-state index is 0.471. The highest BCUT2D eigenvalue weighted by molar-refractivity contribution is 6.31. The van der Waals surface area contributed by atoms with Crippen molar-refractivity contribution >= 4 is 11.6 Å². The van der Waals surface area contributed by atoms with E-state index in [0.717, 1.165) is 16.1 Å². The fourth-order valence-corrected chi connectivity index (χ4v) is 1.55. The van der Waals surface area contributed by atoms with Crippen LogP contribution < -0.4 is 10.5 Å². The zero-order chi connectivity index (χ0) is 12.3. The number of nitrogens with zero attached hydrogens (tertiary/aromatic N) is 1. The number of ether oxygens (including phenoxy) is 1. The van der Waals surface area contributed by atoms with E-state index in [1.165, 1.54) is 0 Å². The molecule has 0 radical (unpaired) electrons. The first-order valence-electron chi connectivity index (χ1n) is 5.28. The van der Waals surface area contributed by atoms with E-state index in [0.29, 0.717) is 18.2 Å². The molecule has 0 spiro atoms. The van der Waals surface area contributed by atoms with Gasteiger partial charge in [0.1, 0.15) is 5.75 Å². The van der Waals surface area contributed by atoms with Gasteiger partial charge in [-0.2, -0.15) is 0 Å². The van der Waals surface area contributed by atoms with E-state index in [4.69, 9.17) is 22.1 Å². The van der Waals surface area contributed by atoms with E-state index in [9.17, 15) is 0 Å². The maximum atomic E-state index is 5.94. The maximum Gasteiger partial charge on any atom is 0.219 e. The van der Waals surface area contributed by atoms with Crippen molar-refractivity contribution in [2.24, 2.45) is 5.73 Å². The molecule has 0 bridgehead atoms. The van der Waals surface area contributed by atoms with Gasteiger partial charge in [-0.1, -0.05) is 11.6 Å². The molecule has 17 heavy (non-hydrogen) atoms. The van der Waals surface area contributed by atoms with Crippen LogP contribution in [0.2, 0.25) is 5.02 Å². The van der Waals surface area contributed by atoms with Gasteiger partial charge in [0, 0.05) is 23.8 Å². The normalized spacial score (nSPS) is 10.3.